The summed E-state index contributed by atoms with van der Waals surface area (Å²) < 4.78 is 0. The lowest BCUT2D eigenvalue weighted by atomic mass is 10.1. The van der Waals surface area contributed by atoms with Crippen LogP contribution in [0, 0.1) is 5.92 Å². The van der Waals surface area contributed by atoms with Crippen LogP contribution in [0.5, 0.6) is 0 Å². The first-order valence-corrected chi connectivity index (χ1v) is 8.52. The minimum Gasteiger partial charge on any atom is -0.341 e. The van der Waals surface area contributed by atoms with Gasteiger partial charge in [-0.3, -0.25) is 9.59 Å². The van der Waals surface area contributed by atoms with Gasteiger partial charge in [0.15, 0.2) is 0 Å². The summed E-state index contributed by atoms with van der Waals surface area (Å²) in [6.07, 6.45) is 1.96. The molecule has 5 heteroatoms. The van der Waals surface area contributed by atoms with Gasteiger partial charge in [-0.2, -0.15) is 0 Å². The van der Waals surface area contributed by atoms with Crippen LogP contribution in [0.25, 0.3) is 0 Å². The van der Waals surface area contributed by atoms with E-state index in [2.05, 4.69) is 13.8 Å². The Balaban J connectivity index is 1.85. The smallest absolute Gasteiger partial charge is 0.227 e. The second-order valence-electron chi connectivity index (χ2n) is 5.97. The Morgan fingerprint density at radius 2 is 1.81 bits per heavy atom. The number of rotatable bonds is 4. The number of carbonyl (C=O) groups excluding carboxylic acids is 2. The van der Waals surface area contributed by atoms with Gasteiger partial charge in [-0.25, -0.2) is 0 Å². The Morgan fingerprint density at radius 3 is 2.38 bits per heavy atom. The third-order valence-electron chi connectivity index (χ3n) is 3.69. The fourth-order valence-corrected chi connectivity index (χ4v) is 3.26. The van der Waals surface area contributed by atoms with Crippen LogP contribution >= 0.6 is 11.3 Å². The minimum absolute atomic E-state index is 0.176. The average molecular weight is 308 g/mol. The highest BCUT2D eigenvalue weighted by Gasteiger charge is 2.22. The van der Waals surface area contributed by atoms with Gasteiger partial charge in [-0.15, -0.1) is 11.3 Å². The van der Waals surface area contributed by atoms with Gasteiger partial charge in [0.1, 0.15) is 0 Å². The molecule has 0 atom stereocenters. The van der Waals surface area contributed by atoms with Crippen LogP contribution in [-0.4, -0.2) is 47.8 Å². The number of thiophene rings is 1. The molecule has 1 saturated heterocycles. The maximum Gasteiger partial charge on any atom is 0.227 e. The van der Waals surface area contributed by atoms with Gasteiger partial charge in [0, 0.05) is 37.5 Å². The molecular formula is C16H24N2O2S. The van der Waals surface area contributed by atoms with Crippen LogP contribution in [0.1, 0.15) is 31.6 Å². The van der Waals surface area contributed by atoms with Crippen molar-refractivity contribution in [2.24, 2.45) is 5.92 Å². The van der Waals surface area contributed by atoms with Gasteiger partial charge in [-0.1, -0.05) is 19.9 Å². The number of amides is 2. The number of nitrogens with zero attached hydrogens (tertiary/aromatic N) is 2. The van der Waals surface area contributed by atoms with Crippen molar-refractivity contribution >= 4 is 23.2 Å². The first-order chi connectivity index (χ1) is 10.1. The van der Waals surface area contributed by atoms with E-state index in [1.54, 1.807) is 11.3 Å². The number of hydrogen-bond acceptors (Lipinski definition) is 3. The number of carbonyl (C=O) groups is 2. The van der Waals surface area contributed by atoms with E-state index in [1.807, 2.05) is 27.3 Å². The summed E-state index contributed by atoms with van der Waals surface area (Å²) in [7, 11) is 0. The molecule has 0 radical (unpaired) electrons. The van der Waals surface area contributed by atoms with E-state index in [-0.39, 0.29) is 11.8 Å². The molecule has 21 heavy (non-hydrogen) atoms. The second-order valence-corrected chi connectivity index (χ2v) is 7.00. The first-order valence-electron chi connectivity index (χ1n) is 7.64. The lowest BCUT2D eigenvalue weighted by Crippen LogP contribution is -2.38. The molecule has 1 aliphatic rings. The zero-order chi connectivity index (χ0) is 15.2. The van der Waals surface area contributed by atoms with Crippen LogP contribution in [0.3, 0.4) is 0 Å². The largest absolute Gasteiger partial charge is 0.341 e. The molecule has 1 aromatic rings. The van der Waals surface area contributed by atoms with Crippen molar-refractivity contribution < 1.29 is 9.59 Å². The Morgan fingerprint density at radius 1 is 1.14 bits per heavy atom. The Kier molecular flexibility index (Phi) is 5.79. The maximum absolute atomic E-state index is 12.3. The third-order valence-corrected chi connectivity index (χ3v) is 4.57. The highest BCUT2D eigenvalue weighted by molar-refractivity contribution is 7.10. The van der Waals surface area contributed by atoms with Gasteiger partial charge in [0.05, 0.1) is 6.42 Å². The third kappa shape index (κ3) is 4.84. The molecule has 2 rings (SSSR count). The van der Waals surface area contributed by atoms with E-state index in [0.29, 0.717) is 31.8 Å². The molecule has 116 valence electrons. The van der Waals surface area contributed by atoms with Crippen molar-refractivity contribution in [3.63, 3.8) is 0 Å². The topological polar surface area (TPSA) is 40.6 Å². The van der Waals surface area contributed by atoms with Gasteiger partial charge >= 0.3 is 0 Å². The molecule has 0 N–H and O–H groups in total. The van der Waals surface area contributed by atoms with Crippen LogP contribution in [0.4, 0.5) is 0 Å². The molecule has 2 amide bonds. The molecule has 1 aliphatic heterocycles. The van der Waals surface area contributed by atoms with Gasteiger partial charge in [-0.05, 0) is 23.8 Å². The zero-order valence-corrected chi connectivity index (χ0v) is 13.7. The van der Waals surface area contributed by atoms with Crippen molar-refractivity contribution in [3.05, 3.63) is 22.4 Å². The standard InChI is InChI=1S/C16H24N2O2S/c1-13(2)11-15(19)17-6-4-7-18(9-8-17)16(20)12-14-5-3-10-21-14/h3,5,10,13H,4,6-9,11-12H2,1-2H3. The summed E-state index contributed by atoms with van der Waals surface area (Å²) in [5.41, 5.74) is 0. The molecule has 0 aliphatic carbocycles. The molecule has 2 heterocycles. The van der Waals surface area contributed by atoms with Gasteiger partial charge in [0.25, 0.3) is 0 Å². The Bertz CT molecular complexity index is 471. The van der Waals surface area contributed by atoms with Gasteiger partial charge in [0.2, 0.25) is 11.8 Å². The molecule has 4 nitrogen and oxygen atoms in total. The van der Waals surface area contributed by atoms with Crippen molar-refractivity contribution in [1.82, 2.24) is 9.80 Å². The molecule has 0 spiro atoms. The lowest BCUT2D eigenvalue weighted by molar-refractivity contribution is -0.133. The molecule has 0 bridgehead atoms. The van der Waals surface area contributed by atoms with E-state index < -0.39 is 0 Å². The zero-order valence-electron chi connectivity index (χ0n) is 12.9. The summed E-state index contributed by atoms with van der Waals surface area (Å²) in [6.45, 7) is 6.99. The fraction of sp³-hybridized carbons (Fsp3) is 0.625. The Hall–Kier alpha value is -1.36. The van der Waals surface area contributed by atoms with Gasteiger partial charge < -0.3 is 9.80 Å². The van der Waals surface area contributed by atoms with E-state index in [4.69, 9.17) is 0 Å². The maximum atomic E-state index is 12.3. The summed E-state index contributed by atoms with van der Waals surface area (Å²) >= 11 is 1.62. The first kappa shape index (κ1) is 16.0. The lowest BCUT2D eigenvalue weighted by Gasteiger charge is -2.22. The summed E-state index contributed by atoms with van der Waals surface area (Å²) in [4.78, 5) is 29.3. The molecule has 1 aromatic heterocycles. The van der Waals surface area contributed by atoms with E-state index >= 15 is 0 Å². The summed E-state index contributed by atoms with van der Waals surface area (Å²) in [6, 6.07) is 3.97. The molecule has 0 aromatic carbocycles. The summed E-state index contributed by atoms with van der Waals surface area (Å²) in [5, 5.41) is 2.00. The predicted octanol–water partition coefficient (Wildman–Crippen LogP) is 2.40. The van der Waals surface area contributed by atoms with Crippen LogP contribution < -0.4 is 0 Å². The van der Waals surface area contributed by atoms with E-state index in [0.717, 1.165) is 24.4 Å². The van der Waals surface area contributed by atoms with Crippen LogP contribution in [0.15, 0.2) is 17.5 Å². The average Bonchev–Trinajstić information content (AvgIpc) is 2.79. The van der Waals surface area contributed by atoms with Crippen LogP contribution in [0.2, 0.25) is 0 Å². The summed E-state index contributed by atoms with van der Waals surface area (Å²) in [5.74, 6) is 0.783. The monoisotopic (exact) mass is 308 g/mol. The predicted molar refractivity (Wildman–Crippen MR) is 85.3 cm³/mol. The van der Waals surface area contributed by atoms with Crippen molar-refractivity contribution in [3.8, 4) is 0 Å². The molecule has 1 fully saturated rings. The molecule has 0 saturated carbocycles. The quantitative estimate of drug-likeness (QED) is 0.857. The fourth-order valence-electron chi connectivity index (χ4n) is 2.57. The number of hydrogen-bond donors (Lipinski definition) is 0. The van der Waals surface area contributed by atoms with Crippen LogP contribution in [-0.2, 0) is 16.0 Å². The van der Waals surface area contributed by atoms with E-state index in [9.17, 15) is 9.59 Å². The minimum atomic E-state index is 0.176. The highest BCUT2D eigenvalue weighted by Crippen LogP contribution is 2.13. The second kappa shape index (κ2) is 7.59. The van der Waals surface area contributed by atoms with Crippen molar-refractivity contribution in [1.29, 1.82) is 0 Å². The van der Waals surface area contributed by atoms with Crippen molar-refractivity contribution in [2.45, 2.75) is 33.1 Å². The highest BCUT2D eigenvalue weighted by atomic mass is 32.1. The van der Waals surface area contributed by atoms with E-state index in [1.165, 1.54) is 0 Å². The molecular weight excluding hydrogens is 284 g/mol. The SMILES string of the molecule is CC(C)CC(=O)N1CCCN(C(=O)Cc2cccs2)CC1. The van der Waals surface area contributed by atoms with Crippen molar-refractivity contribution in [2.75, 3.05) is 26.2 Å². The molecule has 0 unspecified atom stereocenters. The normalized spacial score (nSPS) is 16.1. The Labute approximate surface area is 130 Å².